The Morgan fingerprint density at radius 3 is 2.38 bits per heavy atom. The van der Waals surface area contributed by atoms with E-state index in [1.165, 1.54) is 18.4 Å². The molecule has 1 N–H and O–H groups in total. The van der Waals surface area contributed by atoms with Gasteiger partial charge in [-0.15, -0.1) is 0 Å². The van der Waals surface area contributed by atoms with Crippen molar-refractivity contribution in [3.8, 4) is 0 Å². The average molecular weight is 344 g/mol. The van der Waals surface area contributed by atoms with Crippen molar-refractivity contribution in [3.05, 3.63) is 66.2 Å². The SMILES string of the molecule is O=S(=O)(NCCN1CCC[C@@H]1Cc1ccccc1)c1ccccc1. The van der Waals surface area contributed by atoms with Crippen LogP contribution >= 0.6 is 0 Å². The molecule has 3 rings (SSSR count). The average Bonchev–Trinajstić information content (AvgIpc) is 3.03. The summed E-state index contributed by atoms with van der Waals surface area (Å²) in [5.74, 6) is 0. The van der Waals surface area contributed by atoms with E-state index < -0.39 is 10.0 Å². The number of sulfonamides is 1. The topological polar surface area (TPSA) is 49.4 Å². The first-order valence-electron chi connectivity index (χ1n) is 8.48. The molecule has 1 heterocycles. The van der Waals surface area contributed by atoms with E-state index in [9.17, 15) is 8.42 Å². The Hall–Kier alpha value is -1.69. The molecule has 128 valence electrons. The minimum Gasteiger partial charge on any atom is -0.299 e. The molecular formula is C19H24N2O2S. The van der Waals surface area contributed by atoms with Crippen LogP contribution in [0.3, 0.4) is 0 Å². The van der Waals surface area contributed by atoms with Crippen LogP contribution in [0, 0.1) is 0 Å². The zero-order valence-corrected chi connectivity index (χ0v) is 14.6. The number of hydrogen-bond donors (Lipinski definition) is 1. The van der Waals surface area contributed by atoms with Gasteiger partial charge in [0.25, 0.3) is 0 Å². The van der Waals surface area contributed by atoms with Crippen molar-refractivity contribution >= 4 is 10.0 Å². The summed E-state index contributed by atoms with van der Waals surface area (Å²) in [6.07, 6.45) is 3.40. The Kier molecular flexibility index (Phi) is 5.66. The van der Waals surface area contributed by atoms with Gasteiger partial charge in [-0.3, -0.25) is 4.90 Å². The Labute approximate surface area is 144 Å². The van der Waals surface area contributed by atoms with Gasteiger partial charge in [0, 0.05) is 19.1 Å². The van der Waals surface area contributed by atoms with E-state index >= 15 is 0 Å². The zero-order valence-electron chi connectivity index (χ0n) is 13.8. The molecule has 1 atom stereocenters. The van der Waals surface area contributed by atoms with Crippen molar-refractivity contribution in [3.63, 3.8) is 0 Å². The lowest BCUT2D eigenvalue weighted by Gasteiger charge is -2.24. The van der Waals surface area contributed by atoms with Crippen LogP contribution in [0.1, 0.15) is 18.4 Å². The minimum absolute atomic E-state index is 0.326. The van der Waals surface area contributed by atoms with Crippen molar-refractivity contribution in [2.24, 2.45) is 0 Å². The number of rotatable bonds is 7. The summed E-state index contributed by atoms with van der Waals surface area (Å²) in [6.45, 7) is 2.25. The molecule has 5 heteroatoms. The van der Waals surface area contributed by atoms with Gasteiger partial charge in [-0.05, 0) is 43.5 Å². The maximum absolute atomic E-state index is 12.2. The van der Waals surface area contributed by atoms with Crippen LogP contribution in [0.25, 0.3) is 0 Å². The Balaban J connectivity index is 1.52. The monoisotopic (exact) mass is 344 g/mol. The Morgan fingerprint density at radius 1 is 1.00 bits per heavy atom. The molecule has 1 saturated heterocycles. The molecule has 0 aliphatic carbocycles. The van der Waals surface area contributed by atoms with E-state index in [4.69, 9.17) is 0 Å². The zero-order chi connectivity index (χ0) is 16.8. The smallest absolute Gasteiger partial charge is 0.240 e. The van der Waals surface area contributed by atoms with Gasteiger partial charge in [0.05, 0.1) is 4.90 Å². The summed E-state index contributed by atoms with van der Waals surface area (Å²) < 4.78 is 27.2. The van der Waals surface area contributed by atoms with Crippen LogP contribution in [0.15, 0.2) is 65.6 Å². The third kappa shape index (κ3) is 4.44. The highest BCUT2D eigenvalue weighted by Crippen LogP contribution is 2.20. The molecular weight excluding hydrogens is 320 g/mol. The molecule has 0 aromatic heterocycles. The van der Waals surface area contributed by atoms with Gasteiger partial charge >= 0.3 is 0 Å². The molecule has 0 amide bonds. The normalized spacial score (nSPS) is 18.8. The Morgan fingerprint density at radius 2 is 1.67 bits per heavy atom. The van der Waals surface area contributed by atoms with Crippen LogP contribution in [0.5, 0.6) is 0 Å². The lowest BCUT2D eigenvalue weighted by atomic mass is 10.0. The fourth-order valence-electron chi connectivity index (χ4n) is 3.31. The molecule has 0 bridgehead atoms. The van der Waals surface area contributed by atoms with Gasteiger partial charge in [0.1, 0.15) is 0 Å². The summed E-state index contributed by atoms with van der Waals surface area (Å²) in [6, 6.07) is 19.6. The maximum atomic E-state index is 12.2. The second-order valence-corrected chi connectivity index (χ2v) is 8.00. The van der Waals surface area contributed by atoms with Crippen molar-refractivity contribution in [2.45, 2.75) is 30.2 Å². The van der Waals surface area contributed by atoms with Gasteiger partial charge in [-0.2, -0.15) is 0 Å². The third-order valence-electron chi connectivity index (χ3n) is 4.56. The van der Waals surface area contributed by atoms with Gasteiger partial charge in [-0.25, -0.2) is 13.1 Å². The number of benzene rings is 2. The van der Waals surface area contributed by atoms with Crippen molar-refractivity contribution in [2.75, 3.05) is 19.6 Å². The maximum Gasteiger partial charge on any atom is 0.240 e. The predicted octanol–water partition coefficient (Wildman–Crippen LogP) is 2.67. The van der Waals surface area contributed by atoms with Gasteiger partial charge in [-0.1, -0.05) is 48.5 Å². The quantitative estimate of drug-likeness (QED) is 0.840. The predicted molar refractivity (Wildman–Crippen MR) is 96.4 cm³/mol. The second-order valence-electron chi connectivity index (χ2n) is 6.23. The van der Waals surface area contributed by atoms with Crippen LogP contribution in [0.4, 0.5) is 0 Å². The van der Waals surface area contributed by atoms with E-state index in [2.05, 4.69) is 33.9 Å². The highest BCUT2D eigenvalue weighted by atomic mass is 32.2. The van der Waals surface area contributed by atoms with Gasteiger partial charge in [0.15, 0.2) is 0 Å². The molecule has 24 heavy (non-hydrogen) atoms. The first kappa shape index (κ1) is 17.1. The summed E-state index contributed by atoms with van der Waals surface area (Å²) in [7, 11) is -3.41. The van der Waals surface area contributed by atoms with Crippen LogP contribution in [-0.2, 0) is 16.4 Å². The van der Waals surface area contributed by atoms with E-state index in [0.717, 1.165) is 19.5 Å². The first-order valence-corrected chi connectivity index (χ1v) is 9.96. The third-order valence-corrected chi connectivity index (χ3v) is 6.03. The summed E-state index contributed by atoms with van der Waals surface area (Å²) in [5.41, 5.74) is 1.35. The van der Waals surface area contributed by atoms with E-state index in [-0.39, 0.29) is 0 Å². The van der Waals surface area contributed by atoms with Crippen LogP contribution in [-0.4, -0.2) is 39.0 Å². The largest absolute Gasteiger partial charge is 0.299 e. The summed E-state index contributed by atoms with van der Waals surface area (Å²) in [4.78, 5) is 2.73. The summed E-state index contributed by atoms with van der Waals surface area (Å²) in [5, 5.41) is 0. The number of nitrogens with zero attached hydrogens (tertiary/aromatic N) is 1. The van der Waals surface area contributed by atoms with Crippen molar-refractivity contribution in [1.29, 1.82) is 0 Å². The molecule has 1 aliphatic rings. The summed E-state index contributed by atoms with van der Waals surface area (Å²) >= 11 is 0. The highest BCUT2D eigenvalue weighted by molar-refractivity contribution is 7.89. The van der Waals surface area contributed by atoms with Crippen molar-refractivity contribution in [1.82, 2.24) is 9.62 Å². The minimum atomic E-state index is -3.41. The van der Waals surface area contributed by atoms with E-state index in [1.54, 1.807) is 24.3 Å². The molecule has 0 unspecified atom stereocenters. The number of hydrogen-bond acceptors (Lipinski definition) is 3. The molecule has 0 saturated carbocycles. The highest BCUT2D eigenvalue weighted by Gasteiger charge is 2.24. The van der Waals surface area contributed by atoms with Crippen LogP contribution in [0.2, 0.25) is 0 Å². The fourth-order valence-corrected chi connectivity index (χ4v) is 4.36. The molecule has 2 aromatic carbocycles. The molecule has 1 aliphatic heterocycles. The molecule has 4 nitrogen and oxygen atoms in total. The molecule has 0 spiro atoms. The fraction of sp³-hybridized carbons (Fsp3) is 0.368. The lowest BCUT2D eigenvalue weighted by Crippen LogP contribution is -2.38. The van der Waals surface area contributed by atoms with Gasteiger partial charge in [0.2, 0.25) is 10.0 Å². The Bertz CT molecular complexity index is 732. The number of nitrogens with one attached hydrogen (secondary N) is 1. The molecule has 0 radical (unpaired) electrons. The van der Waals surface area contributed by atoms with E-state index in [0.29, 0.717) is 17.5 Å². The number of likely N-dealkylation sites (tertiary alicyclic amines) is 1. The molecule has 2 aromatic rings. The first-order chi connectivity index (χ1) is 11.6. The molecule has 1 fully saturated rings. The van der Waals surface area contributed by atoms with E-state index in [1.807, 2.05) is 12.1 Å². The van der Waals surface area contributed by atoms with Crippen LogP contribution < -0.4 is 4.72 Å². The lowest BCUT2D eigenvalue weighted by molar-refractivity contribution is 0.257. The van der Waals surface area contributed by atoms with Gasteiger partial charge < -0.3 is 0 Å². The van der Waals surface area contributed by atoms with Crippen molar-refractivity contribution < 1.29 is 8.42 Å². The second kappa shape index (κ2) is 7.92. The standard InChI is InChI=1S/C19H24N2O2S/c22-24(23,19-11-5-2-6-12-19)20-13-15-21-14-7-10-18(21)16-17-8-3-1-4-9-17/h1-6,8-9,11-12,18,20H,7,10,13-16H2/t18-/m1/s1.